The first-order valence-electron chi connectivity index (χ1n) is 6.48. The molecule has 2 aromatic carbocycles. The zero-order valence-electron chi connectivity index (χ0n) is 11.0. The summed E-state index contributed by atoms with van der Waals surface area (Å²) in [5, 5.41) is 5.79. The van der Waals surface area contributed by atoms with E-state index in [1.807, 2.05) is 16.8 Å². The van der Waals surface area contributed by atoms with Crippen molar-refractivity contribution >= 4 is 10.9 Å². The van der Waals surface area contributed by atoms with Crippen molar-refractivity contribution in [3.63, 3.8) is 0 Å². The first-order chi connectivity index (χ1) is 9.29. The highest BCUT2D eigenvalue weighted by Crippen LogP contribution is 2.20. The molecular formula is C16H17N3. The molecule has 2 N–H and O–H groups in total. The van der Waals surface area contributed by atoms with E-state index in [0.717, 1.165) is 23.1 Å². The number of hydrogen-bond acceptors (Lipinski definition) is 2. The molecule has 0 fully saturated rings. The lowest BCUT2D eigenvalue weighted by Gasteiger charge is -2.06. The van der Waals surface area contributed by atoms with Crippen LogP contribution in [0.25, 0.3) is 10.9 Å². The van der Waals surface area contributed by atoms with Crippen LogP contribution in [0.3, 0.4) is 0 Å². The molecule has 0 radical (unpaired) electrons. The highest BCUT2D eigenvalue weighted by atomic mass is 15.3. The maximum Gasteiger partial charge on any atom is 0.0839 e. The molecule has 0 amide bonds. The van der Waals surface area contributed by atoms with Gasteiger partial charge in [-0.15, -0.1) is 0 Å². The lowest BCUT2D eigenvalue weighted by atomic mass is 10.1. The topological polar surface area (TPSA) is 43.8 Å². The van der Waals surface area contributed by atoms with E-state index in [1.54, 1.807) is 0 Å². The summed E-state index contributed by atoms with van der Waals surface area (Å²) in [6.45, 7) is 3.39. The largest absolute Gasteiger partial charge is 0.325 e. The molecule has 0 spiro atoms. The molecule has 0 aliphatic heterocycles. The van der Waals surface area contributed by atoms with E-state index in [0.29, 0.717) is 6.54 Å². The van der Waals surface area contributed by atoms with E-state index in [9.17, 15) is 0 Å². The summed E-state index contributed by atoms with van der Waals surface area (Å²) in [6, 6.07) is 16.7. The minimum Gasteiger partial charge on any atom is -0.325 e. The Labute approximate surface area is 112 Å². The van der Waals surface area contributed by atoms with Crippen molar-refractivity contribution in [3.05, 3.63) is 65.4 Å². The average molecular weight is 251 g/mol. The van der Waals surface area contributed by atoms with Gasteiger partial charge in [0.25, 0.3) is 0 Å². The van der Waals surface area contributed by atoms with Crippen LogP contribution in [-0.4, -0.2) is 9.78 Å². The van der Waals surface area contributed by atoms with Crippen molar-refractivity contribution in [1.29, 1.82) is 0 Å². The Morgan fingerprint density at radius 3 is 2.58 bits per heavy atom. The van der Waals surface area contributed by atoms with E-state index in [-0.39, 0.29) is 0 Å². The molecule has 0 aliphatic rings. The summed E-state index contributed by atoms with van der Waals surface area (Å²) in [7, 11) is 0. The first-order valence-corrected chi connectivity index (χ1v) is 6.48. The van der Waals surface area contributed by atoms with Crippen molar-refractivity contribution in [1.82, 2.24) is 9.78 Å². The normalized spacial score (nSPS) is 11.1. The summed E-state index contributed by atoms with van der Waals surface area (Å²) < 4.78 is 2.04. The average Bonchev–Trinajstić information content (AvgIpc) is 2.80. The number of aromatic nitrogens is 2. The molecule has 3 heteroatoms. The van der Waals surface area contributed by atoms with Gasteiger partial charge in [0.05, 0.1) is 17.8 Å². The molecule has 0 saturated heterocycles. The number of benzene rings is 2. The molecule has 3 nitrogen and oxygen atoms in total. The second kappa shape index (κ2) is 4.86. The number of nitrogens with two attached hydrogens (primary N) is 1. The lowest BCUT2D eigenvalue weighted by Crippen LogP contribution is -2.05. The monoisotopic (exact) mass is 251 g/mol. The van der Waals surface area contributed by atoms with Crippen molar-refractivity contribution < 1.29 is 0 Å². The number of nitrogens with zero attached hydrogens (tertiary/aromatic N) is 2. The minimum absolute atomic E-state index is 0.473. The summed E-state index contributed by atoms with van der Waals surface area (Å²) in [5.74, 6) is 0. The van der Waals surface area contributed by atoms with Gasteiger partial charge in [0.15, 0.2) is 0 Å². The maximum absolute atomic E-state index is 5.78. The Balaban J connectivity index is 2.09. The summed E-state index contributed by atoms with van der Waals surface area (Å²) in [6.07, 6.45) is 0. The molecular weight excluding hydrogens is 234 g/mol. The van der Waals surface area contributed by atoms with Crippen LogP contribution in [-0.2, 0) is 13.1 Å². The predicted octanol–water partition coefficient (Wildman–Crippen LogP) is 2.85. The van der Waals surface area contributed by atoms with Gasteiger partial charge in [-0.2, -0.15) is 5.10 Å². The standard InChI is InChI=1S/C16H17N3/c1-12-6-2-3-7-13(12)11-19-16-9-5-4-8-14(16)15(10-17)18-19/h2-9H,10-11,17H2,1H3. The minimum atomic E-state index is 0.473. The molecule has 0 saturated carbocycles. The van der Waals surface area contributed by atoms with Gasteiger partial charge in [-0.25, -0.2) is 0 Å². The highest BCUT2D eigenvalue weighted by Gasteiger charge is 2.09. The molecule has 0 atom stereocenters. The highest BCUT2D eigenvalue weighted by molar-refractivity contribution is 5.82. The van der Waals surface area contributed by atoms with Crippen LogP contribution < -0.4 is 5.73 Å². The molecule has 0 aliphatic carbocycles. The van der Waals surface area contributed by atoms with Gasteiger partial charge in [-0.1, -0.05) is 42.5 Å². The van der Waals surface area contributed by atoms with Crippen LogP contribution >= 0.6 is 0 Å². The van der Waals surface area contributed by atoms with Crippen molar-refractivity contribution in [2.45, 2.75) is 20.0 Å². The number of aryl methyl sites for hydroxylation is 1. The Hall–Kier alpha value is -2.13. The molecule has 1 heterocycles. The van der Waals surface area contributed by atoms with Gasteiger partial charge in [-0.3, -0.25) is 4.68 Å². The second-order valence-electron chi connectivity index (χ2n) is 4.75. The van der Waals surface area contributed by atoms with E-state index in [1.165, 1.54) is 11.1 Å². The molecule has 19 heavy (non-hydrogen) atoms. The van der Waals surface area contributed by atoms with E-state index in [4.69, 9.17) is 5.73 Å². The number of rotatable bonds is 3. The molecule has 96 valence electrons. The van der Waals surface area contributed by atoms with Gasteiger partial charge >= 0.3 is 0 Å². The Kier molecular flexibility index (Phi) is 3.05. The smallest absolute Gasteiger partial charge is 0.0839 e. The summed E-state index contributed by atoms with van der Waals surface area (Å²) >= 11 is 0. The zero-order chi connectivity index (χ0) is 13.2. The van der Waals surface area contributed by atoms with Crippen molar-refractivity contribution in [2.24, 2.45) is 5.73 Å². The lowest BCUT2D eigenvalue weighted by molar-refractivity contribution is 0.691. The molecule has 0 unspecified atom stereocenters. The molecule has 1 aromatic heterocycles. The van der Waals surface area contributed by atoms with E-state index < -0.39 is 0 Å². The molecule has 0 bridgehead atoms. The van der Waals surface area contributed by atoms with Gasteiger partial charge in [0, 0.05) is 11.9 Å². The molecule has 3 rings (SSSR count). The van der Waals surface area contributed by atoms with Crippen LogP contribution in [0.1, 0.15) is 16.8 Å². The van der Waals surface area contributed by atoms with Gasteiger partial charge in [0.2, 0.25) is 0 Å². The van der Waals surface area contributed by atoms with Crippen LogP contribution in [0.4, 0.5) is 0 Å². The van der Waals surface area contributed by atoms with Gasteiger partial charge < -0.3 is 5.73 Å². The van der Waals surface area contributed by atoms with E-state index >= 15 is 0 Å². The second-order valence-corrected chi connectivity index (χ2v) is 4.75. The number of para-hydroxylation sites is 1. The Morgan fingerprint density at radius 2 is 1.79 bits per heavy atom. The summed E-state index contributed by atoms with van der Waals surface area (Å²) in [5.41, 5.74) is 10.5. The van der Waals surface area contributed by atoms with Crippen LogP contribution in [0.15, 0.2) is 48.5 Å². The van der Waals surface area contributed by atoms with Crippen LogP contribution in [0.2, 0.25) is 0 Å². The van der Waals surface area contributed by atoms with Crippen LogP contribution in [0.5, 0.6) is 0 Å². The van der Waals surface area contributed by atoms with E-state index in [2.05, 4.69) is 48.4 Å². The third-order valence-corrected chi connectivity index (χ3v) is 3.51. The fraction of sp³-hybridized carbons (Fsp3) is 0.188. The fourth-order valence-corrected chi connectivity index (χ4v) is 2.42. The first kappa shape index (κ1) is 11.9. The van der Waals surface area contributed by atoms with Crippen molar-refractivity contribution in [3.8, 4) is 0 Å². The predicted molar refractivity (Wildman–Crippen MR) is 77.9 cm³/mol. The van der Waals surface area contributed by atoms with Gasteiger partial charge in [-0.05, 0) is 24.1 Å². The Morgan fingerprint density at radius 1 is 1.05 bits per heavy atom. The number of fused-ring (bicyclic) bond motifs is 1. The molecule has 3 aromatic rings. The SMILES string of the molecule is Cc1ccccc1Cn1nc(CN)c2ccccc21. The Bertz CT molecular complexity index is 713. The van der Waals surface area contributed by atoms with Crippen molar-refractivity contribution in [2.75, 3.05) is 0 Å². The third-order valence-electron chi connectivity index (χ3n) is 3.51. The van der Waals surface area contributed by atoms with Crippen LogP contribution in [0, 0.1) is 6.92 Å². The van der Waals surface area contributed by atoms with Gasteiger partial charge in [0.1, 0.15) is 0 Å². The maximum atomic E-state index is 5.78. The summed E-state index contributed by atoms with van der Waals surface area (Å²) in [4.78, 5) is 0. The fourth-order valence-electron chi connectivity index (χ4n) is 2.42. The zero-order valence-corrected chi connectivity index (χ0v) is 11.0. The number of hydrogen-bond donors (Lipinski definition) is 1. The quantitative estimate of drug-likeness (QED) is 0.778. The third kappa shape index (κ3) is 2.13.